The molecule has 2 aromatic rings. The van der Waals surface area contributed by atoms with Crippen LogP contribution in [0.2, 0.25) is 0 Å². The minimum absolute atomic E-state index is 0.748. The molecule has 1 N–H and O–H groups in total. The van der Waals surface area contributed by atoms with Crippen LogP contribution < -0.4 is 5.32 Å². The van der Waals surface area contributed by atoms with Gasteiger partial charge < -0.3 is 14.4 Å². The molecule has 0 aliphatic rings. The molecule has 0 saturated carbocycles. The summed E-state index contributed by atoms with van der Waals surface area (Å²) in [5, 5.41) is 7.11. The Morgan fingerprint density at radius 1 is 1.50 bits per heavy atom. The Hall–Kier alpha value is -1.62. The van der Waals surface area contributed by atoms with Gasteiger partial charge in [0.25, 0.3) is 0 Å². The Kier molecular flexibility index (Phi) is 3.71. The van der Waals surface area contributed by atoms with Crippen molar-refractivity contribution in [1.82, 2.24) is 20.0 Å². The zero-order chi connectivity index (χ0) is 11.2. The van der Waals surface area contributed by atoms with E-state index in [-0.39, 0.29) is 0 Å². The number of aromatic nitrogens is 3. The van der Waals surface area contributed by atoms with Crippen LogP contribution >= 0.6 is 0 Å². The molecule has 86 valence electrons. The Bertz CT molecular complexity index is 407. The second-order valence-corrected chi connectivity index (χ2v) is 3.56. The molecule has 2 rings (SSSR count). The maximum atomic E-state index is 4.66. The molecule has 5 nitrogen and oxygen atoms in total. The van der Waals surface area contributed by atoms with Crippen LogP contribution in [-0.2, 0) is 19.5 Å². The van der Waals surface area contributed by atoms with Gasteiger partial charge in [0.15, 0.2) is 5.82 Å². The van der Waals surface area contributed by atoms with Gasteiger partial charge in [-0.05, 0) is 19.1 Å². The summed E-state index contributed by atoms with van der Waals surface area (Å²) < 4.78 is 6.88. The first-order chi connectivity index (χ1) is 7.90. The monoisotopic (exact) mass is 220 g/mol. The van der Waals surface area contributed by atoms with Gasteiger partial charge >= 0.3 is 0 Å². The van der Waals surface area contributed by atoms with Crippen molar-refractivity contribution < 1.29 is 4.52 Å². The Morgan fingerprint density at radius 3 is 3.19 bits per heavy atom. The quantitative estimate of drug-likeness (QED) is 0.744. The topological polar surface area (TPSA) is 55.9 Å². The first kappa shape index (κ1) is 10.9. The van der Waals surface area contributed by atoms with Crippen molar-refractivity contribution in [3.05, 3.63) is 36.2 Å². The fourth-order valence-corrected chi connectivity index (χ4v) is 1.64. The van der Waals surface area contributed by atoms with Gasteiger partial charge in [0.05, 0.1) is 0 Å². The third-order valence-corrected chi connectivity index (χ3v) is 2.50. The largest absolute Gasteiger partial charge is 0.351 e. The summed E-state index contributed by atoms with van der Waals surface area (Å²) in [4.78, 5) is 3.96. The molecule has 0 aliphatic carbocycles. The van der Waals surface area contributed by atoms with Crippen LogP contribution in [0.15, 0.2) is 29.2 Å². The highest BCUT2D eigenvalue weighted by molar-refractivity contribution is 5.06. The summed E-state index contributed by atoms with van der Waals surface area (Å²) >= 11 is 0. The van der Waals surface area contributed by atoms with Gasteiger partial charge in [0.2, 0.25) is 6.39 Å². The predicted octanol–water partition coefficient (Wildman–Crippen LogP) is 1.22. The number of nitrogens with one attached hydrogen (secondary N) is 1. The van der Waals surface area contributed by atoms with Gasteiger partial charge in [0.1, 0.15) is 0 Å². The Balaban J connectivity index is 1.72. The number of rotatable bonds is 6. The fraction of sp³-hybridized carbons (Fsp3) is 0.455. The van der Waals surface area contributed by atoms with Crippen molar-refractivity contribution in [2.75, 3.05) is 6.54 Å². The molecule has 0 aromatic carbocycles. The molecule has 0 aliphatic heterocycles. The normalized spacial score (nSPS) is 10.8. The number of aryl methyl sites for hydroxylation is 1. The minimum atomic E-state index is 0.748. The third kappa shape index (κ3) is 2.70. The summed E-state index contributed by atoms with van der Waals surface area (Å²) in [6.45, 7) is 4.88. The van der Waals surface area contributed by atoms with Crippen molar-refractivity contribution in [3.63, 3.8) is 0 Å². The van der Waals surface area contributed by atoms with E-state index >= 15 is 0 Å². The van der Waals surface area contributed by atoms with Crippen molar-refractivity contribution in [1.29, 1.82) is 0 Å². The standard InChI is InChI=1S/C11H16N4O/c1-2-15-7-3-4-10(15)8-12-6-5-11-13-9-16-14-11/h3-4,7,9,12H,2,5-6,8H2,1H3. The molecule has 0 amide bonds. The fourth-order valence-electron chi connectivity index (χ4n) is 1.64. The molecular weight excluding hydrogens is 204 g/mol. The zero-order valence-electron chi connectivity index (χ0n) is 9.39. The summed E-state index contributed by atoms with van der Waals surface area (Å²) in [6.07, 6.45) is 4.25. The second kappa shape index (κ2) is 5.46. The van der Waals surface area contributed by atoms with E-state index in [1.54, 1.807) is 0 Å². The molecule has 2 aromatic heterocycles. The Morgan fingerprint density at radius 2 is 2.44 bits per heavy atom. The van der Waals surface area contributed by atoms with E-state index in [1.165, 1.54) is 12.1 Å². The first-order valence-corrected chi connectivity index (χ1v) is 5.50. The van der Waals surface area contributed by atoms with Crippen LogP contribution in [0.5, 0.6) is 0 Å². The predicted molar refractivity (Wildman–Crippen MR) is 59.8 cm³/mol. The second-order valence-electron chi connectivity index (χ2n) is 3.56. The lowest BCUT2D eigenvalue weighted by Crippen LogP contribution is -2.19. The molecule has 0 unspecified atom stereocenters. The van der Waals surface area contributed by atoms with E-state index in [1.807, 2.05) is 0 Å². The van der Waals surface area contributed by atoms with Gasteiger partial charge in [-0.15, -0.1) is 0 Å². The summed E-state index contributed by atoms with van der Waals surface area (Å²) in [7, 11) is 0. The molecule has 16 heavy (non-hydrogen) atoms. The molecule has 5 heteroatoms. The molecule has 0 saturated heterocycles. The molecule has 0 spiro atoms. The molecule has 0 fully saturated rings. The van der Waals surface area contributed by atoms with Gasteiger partial charge in [-0.3, -0.25) is 0 Å². The molecule has 0 radical (unpaired) electrons. The van der Waals surface area contributed by atoms with Gasteiger partial charge in [0, 0.05) is 37.9 Å². The average Bonchev–Trinajstić information content (AvgIpc) is 2.95. The zero-order valence-corrected chi connectivity index (χ0v) is 9.39. The number of hydrogen-bond acceptors (Lipinski definition) is 4. The van der Waals surface area contributed by atoms with Crippen molar-refractivity contribution in [2.45, 2.75) is 26.4 Å². The SMILES string of the molecule is CCn1cccc1CNCCc1ncon1. The van der Waals surface area contributed by atoms with E-state index in [2.05, 4.69) is 49.8 Å². The molecule has 0 atom stereocenters. The highest BCUT2D eigenvalue weighted by Crippen LogP contribution is 2.01. The lowest BCUT2D eigenvalue weighted by atomic mass is 10.3. The van der Waals surface area contributed by atoms with E-state index in [0.717, 1.165) is 31.9 Å². The van der Waals surface area contributed by atoms with Crippen molar-refractivity contribution >= 4 is 0 Å². The molecular formula is C11H16N4O. The van der Waals surface area contributed by atoms with E-state index in [9.17, 15) is 0 Å². The third-order valence-electron chi connectivity index (χ3n) is 2.50. The summed E-state index contributed by atoms with van der Waals surface area (Å²) in [6, 6.07) is 4.20. The highest BCUT2D eigenvalue weighted by atomic mass is 16.5. The van der Waals surface area contributed by atoms with Gasteiger partial charge in [-0.2, -0.15) is 4.98 Å². The minimum Gasteiger partial charge on any atom is -0.351 e. The number of hydrogen-bond donors (Lipinski definition) is 1. The average molecular weight is 220 g/mol. The van der Waals surface area contributed by atoms with Crippen LogP contribution in [-0.4, -0.2) is 21.3 Å². The van der Waals surface area contributed by atoms with Gasteiger partial charge in [-0.25, -0.2) is 0 Å². The van der Waals surface area contributed by atoms with Crippen LogP contribution in [0, 0.1) is 0 Å². The maximum Gasteiger partial charge on any atom is 0.213 e. The lowest BCUT2D eigenvalue weighted by molar-refractivity contribution is 0.409. The molecule has 2 heterocycles. The van der Waals surface area contributed by atoms with E-state index < -0.39 is 0 Å². The Labute approximate surface area is 94.5 Å². The lowest BCUT2D eigenvalue weighted by Gasteiger charge is -2.06. The smallest absolute Gasteiger partial charge is 0.213 e. The van der Waals surface area contributed by atoms with Crippen LogP contribution in [0.25, 0.3) is 0 Å². The van der Waals surface area contributed by atoms with Crippen molar-refractivity contribution in [2.24, 2.45) is 0 Å². The first-order valence-electron chi connectivity index (χ1n) is 5.50. The number of nitrogens with zero attached hydrogens (tertiary/aromatic N) is 3. The summed E-state index contributed by atoms with van der Waals surface area (Å²) in [5.74, 6) is 0.748. The van der Waals surface area contributed by atoms with E-state index in [4.69, 9.17) is 0 Å². The van der Waals surface area contributed by atoms with Gasteiger partial charge in [-0.1, -0.05) is 5.16 Å². The van der Waals surface area contributed by atoms with Crippen LogP contribution in [0.1, 0.15) is 18.4 Å². The van der Waals surface area contributed by atoms with Crippen LogP contribution in [0.3, 0.4) is 0 Å². The van der Waals surface area contributed by atoms with E-state index in [0.29, 0.717) is 0 Å². The van der Waals surface area contributed by atoms with Crippen molar-refractivity contribution in [3.8, 4) is 0 Å². The summed E-state index contributed by atoms with van der Waals surface area (Å²) in [5.41, 5.74) is 1.30. The highest BCUT2D eigenvalue weighted by Gasteiger charge is 2.00. The maximum absolute atomic E-state index is 4.66. The molecule has 0 bridgehead atoms. The van der Waals surface area contributed by atoms with Crippen LogP contribution in [0.4, 0.5) is 0 Å².